The van der Waals surface area contributed by atoms with Gasteiger partial charge in [0.15, 0.2) is 0 Å². The van der Waals surface area contributed by atoms with E-state index in [-0.39, 0.29) is 0 Å². The first-order valence-corrected chi connectivity index (χ1v) is 7.97. The Kier molecular flexibility index (Phi) is 4.99. The van der Waals surface area contributed by atoms with E-state index < -0.39 is 0 Å². The molecule has 0 aliphatic carbocycles. The van der Waals surface area contributed by atoms with Gasteiger partial charge in [0, 0.05) is 18.0 Å². The summed E-state index contributed by atoms with van der Waals surface area (Å²) in [6.45, 7) is 3.13. The van der Waals surface area contributed by atoms with Gasteiger partial charge in [-0.05, 0) is 36.8 Å². The average molecular weight is 328 g/mol. The molecule has 0 N–H and O–H groups in total. The molecule has 3 nitrogen and oxygen atoms in total. The summed E-state index contributed by atoms with van der Waals surface area (Å²) in [5, 5.41) is 1.72. The number of hydrogen-bond acceptors (Lipinski definition) is 3. The fourth-order valence-corrected chi connectivity index (χ4v) is 2.63. The third-order valence-electron chi connectivity index (χ3n) is 3.49. The van der Waals surface area contributed by atoms with Crippen molar-refractivity contribution in [2.45, 2.75) is 13.3 Å². The summed E-state index contributed by atoms with van der Waals surface area (Å²) in [5.41, 5.74) is 2.01. The predicted octanol–water partition coefficient (Wildman–Crippen LogP) is 5.04. The molecule has 0 saturated heterocycles. The van der Waals surface area contributed by atoms with E-state index in [0.717, 1.165) is 28.6 Å². The van der Waals surface area contributed by atoms with E-state index >= 15 is 0 Å². The Morgan fingerprint density at radius 2 is 1.74 bits per heavy atom. The van der Waals surface area contributed by atoms with Gasteiger partial charge in [-0.25, -0.2) is 0 Å². The van der Waals surface area contributed by atoms with Crippen molar-refractivity contribution in [3.05, 3.63) is 65.3 Å². The molecule has 118 valence electrons. The molecule has 0 amide bonds. The summed E-state index contributed by atoms with van der Waals surface area (Å²) in [6, 6.07) is 15.7. The molecule has 0 unspecified atom stereocenters. The predicted molar refractivity (Wildman–Crippen MR) is 93.5 cm³/mol. The van der Waals surface area contributed by atoms with Crippen molar-refractivity contribution in [1.82, 2.24) is 4.98 Å². The van der Waals surface area contributed by atoms with Crippen LogP contribution in [-0.2, 0) is 0 Å². The zero-order chi connectivity index (χ0) is 16.1. The zero-order valence-corrected chi connectivity index (χ0v) is 13.7. The summed E-state index contributed by atoms with van der Waals surface area (Å²) in [5.74, 6) is 1.51. The molecule has 3 rings (SSSR count). The summed E-state index contributed by atoms with van der Waals surface area (Å²) >= 11 is 6.14. The largest absolute Gasteiger partial charge is 0.492 e. The lowest BCUT2D eigenvalue weighted by atomic mass is 10.2. The second kappa shape index (κ2) is 7.34. The number of ether oxygens (including phenoxy) is 2. The van der Waals surface area contributed by atoms with Crippen LogP contribution >= 0.6 is 11.6 Å². The molecule has 0 saturated carbocycles. The van der Waals surface area contributed by atoms with E-state index in [0.29, 0.717) is 24.0 Å². The lowest BCUT2D eigenvalue weighted by Gasteiger charge is -2.10. The van der Waals surface area contributed by atoms with Gasteiger partial charge in [0.2, 0.25) is 0 Å². The molecular weight excluding hydrogens is 310 g/mol. The quantitative estimate of drug-likeness (QED) is 0.594. The normalized spacial score (nSPS) is 10.7. The van der Waals surface area contributed by atoms with Crippen molar-refractivity contribution in [2.75, 3.05) is 13.2 Å². The highest BCUT2D eigenvalue weighted by atomic mass is 35.5. The Labute approximate surface area is 140 Å². The molecule has 4 heteroatoms. The maximum absolute atomic E-state index is 6.14. The second-order valence-corrected chi connectivity index (χ2v) is 5.72. The van der Waals surface area contributed by atoms with Crippen LogP contribution in [0.5, 0.6) is 11.5 Å². The maximum Gasteiger partial charge on any atom is 0.145 e. The highest BCUT2D eigenvalue weighted by molar-refractivity contribution is 6.32. The van der Waals surface area contributed by atoms with Gasteiger partial charge in [0.25, 0.3) is 0 Å². The highest BCUT2D eigenvalue weighted by Crippen LogP contribution is 2.25. The Bertz CT molecular complexity index is 799. The summed E-state index contributed by atoms with van der Waals surface area (Å²) in [7, 11) is 0. The minimum atomic E-state index is 0.557. The van der Waals surface area contributed by atoms with Crippen LogP contribution in [0.25, 0.3) is 10.9 Å². The van der Waals surface area contributed by atoms with Crippen molar-refractivity contribution in [2.24, 2.45) is 0 Å². The van der Waals surface area contributed by atoms with E-state index in [1.807, 2.05) is 55.5 Å². The minimum Gasteiger partial charge on any atom is -0.492 e. The molecule has 0 fully saturated rings. The van der Waals surface area contributed by atoms with Crippen LogP contribution in [0.2, 0.25) is 5.02 Å². The SMILES string of the molecule is Cc1ccc(OCCCOc2cccc3cccnc23)c(Cl)c1. The van der Waals surface area contributed by atoms with E-state index in [1.54, 1.807) is 6.20 Å². The summed E-state index contributed by atoms with van der Waals surface area (Å²) < 4.78 is 11.5. The fourth-order valence-electron chi connectivity index (χ4n) is 2.34. The molecule has 0 radical (unpaired) electrons. The number of aromatic nitrogens is 1. The molecular formula is C19H18ClNO2. The van der Waals surface area contributed by atoms with E-state index in [9.17, 15) is 0 Å². The Morgan fingerprint density at radius 3 is 2.57 bits per heavy atom. The van der Waals surface area contributed by atoms with Crippen LogP contribution < -0.4 is 9.47 Å². The number of hydrogen-bond donors (Lipinski definition) is 0. The molecule has 0 spiro atoms. The topological polar surface area (TPSA) is 31.4 Å². The average Bonchev–Trinajstić information content (AvgIpc) is 2.56. The Balaban J connectivity index is 1.51. The molecule has 23 heavy (non-hydrogen) atoms. The third-order valence-corrected chi connectivity index (χ3v) is 3.78. The third kappa shape index (κ3) is 3.93. The van der Waals surface area contributed by atoms with Crippen molar-refractivity contribution in [1.29, 1.82) is 0 Å². The molecule has 0 atom stereocenters. The van der Waals surface area contributed by atoms with Gasteiger partial charge < -0.3 is 9.47 Å². The van der Waals surface area contributed by atoms with Gasteiger partial charge in [0.05, 0.1) is 18.2 Å². The lowest BCUT2D eigenvalue weighted by molar-refractivity contribution is 0.249. The second-order valence-electron chi connectivity index (χ2n) is 5.32. The van der Waals surface area contributed by atoms with Gasteiger partial charge in [-0.3, -0.25) is 4.98 Å². The van der Waals surface area contributed by atoms with Gasteiger partial charge in [-0.2, -0.15) is 0 Å². The van der Waals surface area contributed by atoms with Crippen molar-refractivity contribution >= 4 is 22.5 Å². The van der Waals surface area contributed by atoms with Crippen molar-refractivity contribution < 1.29 is 9.47 Å². The molecule has 1 aromatic heterocycles. The maximum atomic E-state index is 6.14. The first-order valence-electron chi connectivity index (χ1n) is 7.59. The Morgan fingerprint density at radius 1 is 0.957 bits per heavy atom. The summed E-state index contributed by atoms with van der Waals surface area (Å²) in [4.78, 5) is 4.37. The number of aryl methyl sites for hydroxylation is 1. The molecule has 0 bridgehead atoms. The van der Waals surface area contributed by atoms with Crippen LogP contribution in [0.1, 0.15) is 12.0 Å². The van der Waals surface area contributed by atoms with E-state index in [4.69, 9.17) is 21.1 Å². The molecule has 1 heterocycles. The smallest absolute Gasteiger partial charge is 0.145 e. The number of pyridine rings is 1. The molecule has 0 aliphatic heterocycles. The van der Waals surface area contributed by atoms with Gasteiger partial charge >= 0.3 is 0 Å². The van der Waals surface area contributed by atoms with Crippen molar-refractivity contribution in [3.8, 4) is 11.5 Å². The van der Waals surface area contributed by atoms with Gasteiger partial charge in [0.1, 0.15) is 17.0 Å². The van der Waals surface area contributed by atoms with Gasteiger partial charge in [-0.15, -0.1) is 0 Å². The highest BCUT2D eigenvalue weighted by Gasteiger charge is 2.04. The van der Waals surface area contributed by atoms with Crippen LogP contribution in [0.3, 0.4) is 0 Å². The standard InChI is InChI=1S/C19H18ClNO2/c1-14-8-9-17(16(20)13-14)22-11-4-12-23-18-7-2-5-15-6-3-10-21-19(15)18/h2-3,5-10,13H,4,11-12H2,1H3. The molecule has 2 aromatic carbocycles. The number of benzene rings is 2. The fraction of sp³-hybridized carbons (Fsp3) is 0.211. The number of nitrogens with zero attached hydrogens (tertiary/aromatic N) is 1. The number of rotatable bonds is 6. The van der Waals surface area contributed by atoms with Crippen LogP contribution in [0.4, 0.5) is 0 Å². The first kappa shape index (κ1) is 15.6. The summed E-state index contributed by atoms with van der Waals surface area (Å²) in [6.07, 6.45) is 2.55. The lowest BCUT2D eigenvalue weighted by Crippen LogP contribution is -2.05. The Hall–Kier alpha value is -2.26. The van der Waals surface area contributed by atoms with Crippen LogP contribution in [-0.4, -0.2) is 18.2 Å². The van der Waals surface area contributed by atoms with Crippen molar-refractivity contribution in [3.63, 3.8) is 0 Å². The number of para-hydroxylation sites is 1. The van der Waals surface area contributed by atoms with E-state index in [2.05, 4.69) is 4.98 Å². The molecule has 3 aromatic rings. The first-order chi connectivity index (χ1) is 11.2. The van der Waals surface area contributed by atoms with Gasteiger partial charge in [-0.1, -0.05) is 35.9 Å². The van der Waals surface area contributed by atoms with Crippen LogP contribution in [0.15, 0.2) is 54.7 Å². The number of fused-ring (bicyclic) bond motifs is 1. The van der Waals surface area contributed by atoms with E-state index in [1.165, 1.54) is 0 Å². The monoisotopic (exact) mass is 327 g/mol. The zero-order valence-electron chi connectivity index (χ0n) is 13.0. The van der Waals surface area contributed by atoms with Crippen LogP contribution in [0, 0.1) is 6.92 Å². The molecule has 0 aliphatic rings. The number of halogens is 1. The minimum absolute atomic E-state index is 0.557.